The van der Waals surface area contributed by atoms with Crippen LogP contribution in [-0.4, -0.2) is 46.1 Å². The fourth-order valence-corrected chi connectivity index (χ4v) is 6.17. The predicted molar refractivity (Wildman–Crippen MR) is 195 cm³/mol. The molecule has 0 rings (SSSR count). The Balaban J connectivity index is 3.56. The normalized spacial score (nSPS) is 13.8. The number of nitrogens with one attached hydrogen (secondary N) is 1. The molecule has 0 aliphatic heterocycles. The topological polar surface area (TPSA) is 89.8 Å². The molecule has 0 aromatic rings. The van der Waals surface area contributed by atoms with Gasteiger partial charge in [0.2, 0.25) is 5.91 Å². The summed E-state index contributed by atoms with van der Waals surface area (Å²) in [5.74, 6) is -0.485. The largest absolute Gasteiger partial charge is 0.394 e. The quantitative estimate of drug-likeness (QED) is 0.0406. The fourth-order valence-electron chi connectivity index (χ4n) is 6.17. The minimum Gasteiger partial charge on any atom is -0.394 e. The number of hydrogen-bond acceptors (Lipinski definition) is 4. The van der Waals surface area contributed by atoms with E-state index in [0.29, 0.717) is 12.8 Å². The van der Waals surface area contributed by atoms with Crippen LogP contribution in [-0.2, 0) is 4.79 Å². The molecule has 0 heterocycles. The molecule has 0 aliphatic carbocycles. The van der Waals surface area contributed by atoms with Crippen molar-refractivity contribution in [3.63, 3.8) is 0 Å². The van der Waals surface area contributed by atoms with E-state index in [4.69, 9.17) is 0 Å². The highest BCUT2D eigenvalue weighted by Crippen LogP contribution is 2.16. The molecule has 0 saturated heterocycles. The Morgan fingerprint density at radius 2 is 0.867 bits per heavy atom. The zero-order valence-corrected chi connectivity index (χ0v) is 30.3. The van der Waals surface area contributed by atoms with Crippen molar-refractivity contribution in [3.8, 4) is 0 Å². The summed E-state index contributed by atoms with van der Waals surface area (Å²) in [5, 5.41) is 33.1. The molecular weight excluding hydrogens is 558 g/mol. The molecule has 0 aromatic carbocycles. The van der Waals surface area contributed by atoms with Gasteiger partial charge in [0.25, 0.3) is 0 Å². The van der Waals surface area contributed by atoms with Crippen molar-refractivity contribution in [1.82, 2.24) is 5.32 Å². The van der Waals surface area contributed by atoms with Gasteiger partial charge in [-0.15, -0.1) is 0 Å². The summed E-state index contributed by atoms with van der Waals surface area (Å²) >= 11 is 0. The summed E-state index contributed by atoms with van der Waals surface area (Å²) in [5.41, 5.74) is 0. The maximum absolute atomic E-state index is 12.4. The van der Waals surface area contributed by atoms with E-state index < -0.39 is 24.2 Å². The number of aliphatic hydroxyl groups is 3. The van der Waals surface area contributed by atoms with Gasteiger partial charge in [-0.3, -0.25) is 4.79 Å². The number of carbonyl (C=O) groups excluding carboxylic acids is 1. The van der Waals surface area contributed by atoms with E-state index in [1.165, 1.54) is 141 Å². The number of hydrogen-bond donors (Lipinski definition) is 4. The molecule has 0 spiro atoms. The summed E-state index contributed by atoms with van der Waals surface area (Å²) in [6.07, 6.45) is 40.8. The van der Waals surface area contributed by atoms with Crippen LogP contribution in [0.4, 0.5) is 0 Å². The van der Waals surface area contributed by atoms with Gasteiger partial charge in [0.05, 0.1) is 18.8 Å². The average Bonchev–Trinajstić information content (AvgIpc) is 3.04. The van der Waals surface area contributed by atoms with Crippen LogP contribution in [0, 0.1) is 0 Å². The Kier molecular flexibility index (Phi) is 35.2. The van der Waals surface area contributed by atoms with E-state index >= 15 is 0 Å². The number of amides is 1. The summed E-state index contributed by atoms with van der Waals surface area (Å²) in [6, 6.07) is -0.713. The Bertz CT molecular complexity index is 625. The number of rotatable bonds is 36. The van der Waals surface area contributed by atoms with Crippen LogP contribution in [0.2, 0.25) is 0 Å². The second kappa shape index (κ2) is 35.9. The van der Waals surface area contributed by atoms with Gasteiger partial charge in [-0.2, -0.15) is 0 Å². The fraction of sp³-hybridized carbons (Fsp3) is 0.925. The highest BCUT2D eigenvalue weighted by Gasteiger charge is 2.23. The lowest BCUT2D eigenvalue weighted by atomic mass is 10.0. The zero-order valence-electron chi connectivity index (χ0n) is 30.3. The Morgan fingerprint density at radius 1 is 0.511 bits per heavy atom. The van der Waals surface area contributed by atoms with Crippen molar-refractivity contribution in [2.45, 2.75) is 231 Å². The minimum absolute atomic E-state index is 0.316. The van der Waals surface area contributed by atoms with Gasteiger partial charge in [-0.05, 0) is 32.1 Å². The Labute approximate surface area is 280 Å². The average molecular weight is 638 g/mol. The standard InChI is InChI=1S/C40H79NO4/c1-3-5-7-9-11-13-14-15-16-17-18-19-20-21-22-23-24-25-27-28-30-32-34-38(43)37(36-42)41-40(45)39(44)35-33-31-29-26-12-10-8-6-4-2/h10,12,37-39,42-44H,3-9,11,13-36H2,1-2H3,(H,41,45)/b12-10-. The lowest BCUT2D eigenvalue weighted by Gasteiger charge is -2.23. The first-order chi connectivity index (χ1) is 22.1. The van der Waals surface area contributed by atoms with E-state index in [1.54, 1.807) is 0 Å². The van der Waals surface area contributed by atoms with Crippen LogP contribution in [0.3, 0.4) is 0 Å². The number of unbranched alkanes of at least 4 members (excludes halogenated alkanes) is 26. The number of allylic oxidation sites excluding steroid dienone is 2. The number of carbonyl (C=O) groups is 1. The molecule has 0 radical (unpaired) electrons. The van der Waals surface area contributed by atoms with Crippen LogP contribution in [0.25, 0.3) is 0 Å². The smallest absolute Gasteiger partial charge is 0.249 e. The third-order valence-corrected chi connectivity index (χ3v) is 9.38. The zero-order chi connectivity index (χ0) is 33.1. The van der Waals surface area contributed by atoms with E-state index in [1.807, 2.05) is 0 Å². The lowest BCUT2D eigenvalue weighted by Crippen LogP contribution is -2.49. The van der Waals surface area contributed by atoms with Gasteiger partial charge in [0, 0.05) is 0 Å². The van der Waals surface area contributed by atoms with E-state index in [2.05, 4.69) is 31.3 Å². The first kappa shape index (κ1) is 44.1. The van der Waals surface area contributed by atoms with Gasteiger partial charge >= 0.3 is 0 Å². The molecule has 5 heteroatoms. The molecular formula is C40H79NO4. The van der Waals surface area contributed by atoms with Gasteiger partial charge in [0.15, 0.2) is 0 Å². The van der Waals surface area contributed by atoms with Crippen LogP contribution in [0.5, 0.6) is 0 Å². The van der Waals surface area contributed by atoms with Crippen molar-refractivity contribution in [1.29, 1.82) is 0 Å². The first-order valence-corrected chi connectivity index (χ1v) is 20.0. The van der Waals surface area contributed by atoms with Crippen molar-refractivity contribution in [2.75, 3.05) is 6.61 Å². The first-order valence-electron chi connectivity index (χ1n) is 20.0. The third-order valence-electron chi connectivity index (χ3n) is 9.38. The van der Waals surface area contributed by atoms with Gasteiger partial charge in [-0.1, -0.05) is 193 Å². The van der Waals surface area contributed by atoms with Crippen LogP contribution < -0.4 is 5.32 Å². The molecule has 1 amide bonds. The molecule has 45 heavy (non-hydrogen) atoms. The summed E-state index contributed by atoms with van der Waals surface area (Å²) in [7, 11) is 0. The second-order valence-electron chi connectivity index (χ2n) is 13.8. The van der Waals surface area contributed by atoms with Crippen molar-refractivity contribution in [3.05, 3.63) is 12.2 Å². The van der Waals surface area contributed by atoms with Crippen LogP contribution in [0.15, 0.2) is 12.2 Å². The summed E-state index contributed by atoms with van der Waals surface area (Å²) < 4.78 is 0. The molecule has 3 atom stereocenters. The lowest BCUT2D eigenvalue weighted by molar-refractivity contribution is -0.131. The number of aliphatic hydroxyl groups excluding tert-OH is 3. The molecule has 0 aliphatic rings. The van der Waals surface area contributed by atoms with Gasteiger partial charge in [0.1, 0.15) is 6.10 Å². The molecule has 0 aromatic heterocycles. The molecule has 4 N–H and O–H groups in total. The minimum atomic E-state index is -1.08. The van der Waals surface area contributed by atoms with E-state index in [9.17, 15) is 20.1 Å². The molecule has 0 saturated carbocycles. The van der Waals surface area contributed by atoms with Gasteiger partial charge < -0.3 is 20.6 Å². The van der Waals surface area contributed by atoms with Crippen LogP contribution in [0.1, 0.15) is 213 Å². The summed E-state index contributed by atoms with van der Waals surface area (Å²) in [6.45, 7) is 4.17. The molecule has 3 unspecified atom stereocenters. The predicted octanol–water partition coefficient (Wildman–Crippen LogP) is 10.9. The second-order valence-corrected chi connectivity index (χ2v) is 13.8. The van der Waals surface area contributed by atoms with Crippen molar-refractivity contribution >= 4 is 5.91 Å². The highest BCUT2D eigenvalue weighted by molar-refractivity contribution is 5.80. The maximum atomic E-state index is 12.4. The van der Waals surface area contributed by atoms with Crippen molar-refractivity contribution < 1.29 is 20.1 Å². The molecule has 5 nitrogen and oxygen atoms in total. The molecule has 0 bridgehead atoms. The Hall–Kier alpha value is -0.910. The third kappa shape index (κ3) is 31.5. The van der Waals surface area contributed by atoms with Crippen LogP contribution >= 0.6 is 0 Å². The summed E-state index contributed by atoms with van der Waals surface area (Å²) in [4.78, 5) is 12.4. The molecule has 268 valence electrons. The van der Waals surface area contributed by atoms with Crippen molar-refractivity contribution in [2.24, 2.45) is 0 Å². The van der Waals surface area contributed by atoms with E-state index in [0.717, 1.165) is 44.9 Å². The molecule has 0 fully saturated rings. The highest BCUT2D eigenvalue weighted by atomic mass is 16.3. The SMILES string of the molecule is CCCC/C=C\CCCCCC(O)C(=O)NC(CO)C(O)CCCCCCCCCCCCCCCCCCCCCCCC. The maximum Gasteiger partial charge on any atom is 0.249 e. The monoisotopic (exact) mass is 638 g/mol. The van der Waals surface area contributed by atoms with Gasteiger partial charge in [-0.25, -0.2) is 0 Å². The Morgan fingerprint density at radius 3 is 1.29 bits per heavy atom. The van der Waals surface area contributed by atoms with E-state index in [-0.39, 0.29) is 6.61 Å².